The Morgan fingerprint density at radius 3 is 2.58 bits per heavy atom. The monoisotopic (exact) mass is 430 g/mol. The SMILES string of the molecule is CCOc1ccc(OCC)c(NC(N)=NCc2ccc(N3CCC(O)CC3)c(F)c2)c1. The van der Waals surface area contributed by atoms with Crippen LogP contribution in [0.25, 0.3) is 0 Å². The van der Waals surface area contributed by atoms with Gasteiger partial charge in [0.15, 0.2) is 5.96 Å². The number of guanidine groups is 1. The van der Waals surface area contributed by atoms with E-state index in [1.807, 2.05) is 36.9 Å². The van der Waals surface area contributed by atoms with Gasteiger partial charge in [0.05, 0.1) is 37.2 Å². The fraction of sp³-hybridized carbons (Fsp3) is 0.435. The predicted molar refractivity (Wildman–Crippen MR) is 122 cm³/mol. The summed E-state index contributed by atoms with van der Waals surface area (Å²) in [5.41, 5.74) is 7.99. The Hall–Kier alpha value is -3.00. The highest BCUT2D eigenvalue weighted by molar-refractivity contribution is 5.94. The summed E-state index contributed by atoms with van der Waals surface area (Å²) in [7, 11) is 0. The van der Waals surface area contributed by atoms with Crippen LogP contribution in [0.1, 0.15) is 32.3 Å². The van der Waals surface area contributed by atoms with Gasteiger partial charge in [0, 0.05) is 19.2 Å². The Balaban J connectivity index is 1.66. The Morgan fingerprint density at radius 1 is 1.16 bits per heavy atom. The maximum Gasteiger partial charge on any atom is 0.193 e. The number of benzene rings is 2. The summed E-state index contributed by atoms with van der Waals surface area (Å²) in [6, 6.07) is 10.6. The largest absolute Gasteiger partial charge is 0.494 e. The molecule has 1 aliphatic rings. The zero-order valence-corrected chi connectivity index (χ0v) is 18.1. The third kappa shape index (κ3) is 6.24. The molecule has 31 heavy (non-hydrogen) atoms. The van der Waals surface area contributed by atoms with Gasteiger partial charge in [-0.1, -0.05) is 6.07 Å². The molecule has 0 amide bonds. The molecule has 0 radical (unpaired) electrons. The van der Waals surface area contributed by atoms with E-state index < -0.39 is 0 Å². The average Bonchev–Trinajstić information content (AvgIpc) is 2.75. The van der Waals surface area contributed by atoms with E-state index in [4.69, 9.17) is 15.2 Å². The highest BCUT2D eigenvalue weighted by Crippen LogP contribution is 2.29. The summed E-state index contributed by atoms with van der Waals surface area (Å²) in [6.07, 6.45) is 1.02. The van der Waals surface area contributed by atoms with Gasteiger partial charge in [0.25, 0.3) is 0 Å². The molecule has 0 aliphatic carbocycles. The number of piperidine rings is 1. The van der Waals surface area contributed by atoms with E-state index >= 15 is 0 Å². The fourth-order valence-corrected chi connectivity index (χ4v) is 3.51. The molecule has 0 unspecified atom stereocenters. The number of nitrogens with zero attached hydrogens (tertiary/aromatic N) is 2. The first-order chi connectivity index (χ1) is 15.0. The van der Waals surface area contributed by atoms with E-state index in [9.17, 15) is 9.50 Å². The van der Waals surface area contributed by atoms with Gasteiger partial charge in [-0.25, -0.2) is 9.38 Å². The third-order valence-corrected chi connectivity index (χ3v) is 5.07. The summed E-state index contributed by atoms with van der Waals surface area (Å²) in [5, 5.41) is 12.7. The number of hydrogen-bond acceptors (Lipinski definition) is 5. The zero-order valence-electron chi connectivity index (χ0n) is 18.1. The Labute approximate surface area is 182 Å². The first-order valence-electron chi connectivity index (χ1n) is 10.7. The average molecular weight is 431 g/mol. The molecular weight excluding hydrogens is 399 g/mol. The number of aliphatic hydroxyl groups is 1. The molecule has 8 heteroatoms. The molecule has 168 valence electrons. The summed E-state index contributed by atoms with van der Waals surface area (Å²) in [5.74, 6) is 1.25. The van der Waals surface area contributed by atoms with E-state index in [0.29, 0.717) is 62.0 Å². The van der Waals surface area contributed by atoms with Gasteiger partial charge < -0.3 is 30.5 Å². The van der Waals surface area contributed by atoms with E-state index in [2.05, 4.69) is 10.3 Å². The van der Waals surface area contributed by atoms with Crippen molar-refractivity contribution in [2.45, 2.75) is 39.3 Å². The molecule has 1 fully saturated rings. The van der Waals surface area contributed by atoms with Crippen LogP contribution >= 0.6 is 0 Å². The van der Waals surface area contributed by atoms with Crippen LogP contribution in [-0.2, 0) is 6.54 Å². The van der Waals surface area contributed by atoms with E-state index in [-0.39, 0.29) is 24.4 Å². The second-order valence-corrected chi connectivity index (χ2v) is 7.35. The van der Waals surface area contributed by atoms with Crippen molar-refractivity contribution in [3.63, 3.8) is 0 Å². The van der Waals surface area contributed by atoms with Crippen LogP contribution < -0.4 is 25.4 Å². The van der Waals surface area contributed by atoms with Crippen LogP contribution in [0.5, 0.6) is 11.5 Å². The van der Waals surface area contributed by atoms with Crippen molar-refractivity contribution in [2.24, 2.45) is 10.7 Å². The quantitative estimate of drug-likeness (QED) is 0.438. The number of anilines is 2. The standard InChI is InChI=1S/C23H31FN4O3/c1-3-30-18-6-8-22(31-4-2)20(14-18)27-23(25)26-15-16-5-7-21(19(24)13-16)28-11-9-17(29)10-12-28/h5-8,13-14,17,29H,3-4,9-12,15H2,1-2H3,(H3,25,26,27). The Kier molecular flexibility index (Phi) is 7.94. The first-order valence-corrected chi connectivity index (χ1v) is 10.7. The summed E-state index contributed by atoms with van der Waals surface area (Å²) in [6.45, 7) is 6.42. The number of ether oxygens (including phenoxy) is 2. The molecule has 1 heterocycles. The third-order valence-electron chi connectivity index (χ3n) is 5.07. The fourth-order valence-electron chi connectivity index (χ4n) is 3.51. The van der Waals surface area contributed by atoms with Gasteiger partial charge >= 0.3 is 0 Å². The number of nitrogens with one attached hydrogen (secondary N) is 1. The van der Waals surface area contributed by atoms with Crippen molar-refractivity contribution in [2.75, 3.05) is 36.5 Å². The lowest BCUT2D eigenvalue weighted by Crippen LogP contribution is -2.36. The van der Waals surface area contributed by atoms with E-state index in [0.717, 1.165) is 5.56 Å². The second kappa shape index (κ2) is 10.9. The van der Waals surface area contributed by atoms with Gasteiger partial charge in [0.2, 0.25) is 0 Å². The molecule has 2 aromatic rings. The Bertz CT molecular complexity index is 898. The second-order valence-electron chi connectivity index (χ2n) is 7.35. The highest BCUT2D eigenvalue weighted by atomic mass is 19.1. The molecule has 0 saturated carbocycles. The minimum atomic E-state index is -0.293. The van der Waals surface area contributed by atoms with E-state index in [1.165, 1.54) is 6.07 Å². The Morgan fingerprint density at radius 2 is 1.90 bits per heavy atom. The van der Waals surface area contributed by atoms with E-state index in [1.54, 1.807) is 12.1 Å². The van der Waals surface area contributed by atoms with Crippen LogP contribution in [-0.4, -0.2) is 43.5 Å². The van der Waals surface area contributed by atoms with Crippen LogP contribution in [0.3, 0.4) is 0 Å². The van der Waals surface area contributed by atoms with Gasteiger partial charge in [-0.3, -0.25) is 0 Å². The van der Waals surface area contributed by atoms with Gasteiger partial charge in [-0.05, 0) is 56.5 Å². The normalized spacial score (nSPS) is 15.1. The van der Waals surface area contributed by atoms with Gasteiger partial charge in [-0.2, -0.15) is 0 Å². The summed E-state index contributed by atoms with van der Waals surface area (Å²) in [4.78, 5) is 6.30. The topological polar surface area (TPSA) is 92.3 Å². The number of aliphatic imine (C=N–C) groups is 1. The lowest BCUT2D eigenvalue weighted by molar-refractivity contribution is 0.145. The van der Waals surface area contributed by atoms with Crippen LogP contribution in [0.4, 0.5) is 15.8 Å². The number of halogens is 1. The van der Waals surface area contributed by atoms with Crippen molar-refractivity contribution < 1.29 is 19.0 Å². The van der Waals surface area contributed by atoms with Crippen LogP contribution in [0.2, 0.25) is 0 Å². The number of hydrogen-bond donors (Lipinski definition) is 3. The minimum absolute atomic E-state index is 0.198. The zero-order chi connectivity index (χ0) is 22.2. The summed E-state index contributed by atoms with van der Waals surface area (Å²) >= 11 is 0. The molecular formula is C23H31FN4O3. The van der Waals surface area contributed by atoms with Gasteiger partial charge in [-0.15, -0.1) is 0 Å². The molecule has 0 atom stereocenters. The van der Waals surface area contributed by atoms with Crippen LogP contribution in [0.15, 0.2) is 41.4 Å². The van der Waals surface area contributed by atoms with Crippen molar-refractivity contribution >= 4 is 17.3 Å². The van der Waals surface area contributed by atoms with Gasteiger partial charge in [0.1, 0.15) is 17.3 Å². The van der Waals surface area contributed by atoms with Crippen LogP contribution in [0, 0.1) is 5.82 Å². The van der Waals surface area contributed by atoms with Crippen molar-refractivity contribution in [1.29, 1.82) is 0 Å². The molecule has 4 N–H and O–H groups in total. The molecule has 7 nitrogen and oxygen atoms in total. The lowest BCUT2D eigenvalue weighted by Gasteiger charge is -2.31. The summed E-state index contributed by atoms with van der Waals surface area (Å²) < 4.78 is 25.8. The maximum atomic E-state index is 14.6. The highest BCUT2D eigenvalue weighted by Gasteiger charge is 2.19. The smallest absolute Gasteiger partial charge is 0.193 e. The van der Waals surface area contributed by atoms with Crippen molar-refractivity contribution in [3.8, 4) is 11.5 Å². The lowest BCUT2D eigenvalue weighted by atomic mass is 10.1. The molecule has 0 aromatic heterocycles. The van der Waals surface area contributed by atoms with Crippen molar-refractivity contribution in [1.82, 2.24) is 0 Å². The molecule has 1 aliphatic heterocycles. The molecule has 0 bridgehead atoms. The molecule has 3 rings (SSSR count). The van der Waals surface area contributed by atoms with Crippen molar-refractivity contribution in [3.05, 3.63) is 47.8 Å². The first kappa shape index (κ1) is 22.7. The molecule has 2 aromatic carbocycles. The number of aliphatic hydroxyl groups excluding tert-OH is 1. The number of rotatable bonds is 8. The predicted octanol–water partition coefficient (Wildman–Crippen LogP) is 3.51. The number of nitrogens with two attached hydrogens (primary N) is 1. The molecule has 0 spiro atoms. The molecule has 1 saturated heterocycles. The minimum Gasteiger partial charge on any atom is -0.494 e. The maximum absolute atomic E-state index is 14.6.